The number of nitrogens with one attached hydrogen (secondary N) is 2. The second-order valence-electron chi connectivity index (χ2n) is 6.66. The Morgan fingerprint density at radius 3 is 2.15 bits per heavy atom. The summed E-state index contributed by atoms with van der Waals surface area (Å²) in [6, 6.07) is 7.02. The van der Waals surface area contributed by atoms with E-state index in [1.807, 2.05) is 13.0 Å². The van der Waals surface area contributed by atoms with Gasteiger partial charge in [0.2, 0.25) is 0 Å². The van der Waals surface area contributed by atoms with E-state index >= 15 is 0 Å². The van der Waals surface area contributed by atoms with Gasteiger partial charge in [-0.05, 0) is 45.4 Å². The molecule has 2 N–H and O–H groups in total. The van der Waals surface area contributed by atoms with Crippen molar-refractivity contribution in [3.63, 3.8) is 0 Å². The van der Waals surface area contributed by atoms with E-state index in [1.54, 1.807) is 19.1 Å². The molecule has 3 nitrogen and oxygen atoms in total. The molecule has 138 valence electrons. The zero-order valence-corrected chi connectivity index (χ0v) is 15.1. The summed E-state index contributed by atoms with van der Waals surface area (Å²) in [5.41, 5.74) is -0.302. The minimum Gasteiger partial charge on any atom is -0.354 e. The summed E-state index contributed by atoms with van der Waals surface area (Å²) in [5.74, 6) is -2.37. The molecule has 2 aromatic rings. The van der Waals surface area contributed by atoms with E-state index in [0.717, 1.165) is 17.2 Å². The summed E-state index contributed by atoms with van der Waals surface area (Å²) >= 11 is 0. The number of rotatable bonds is 5. The fraction of sp³-hybridized carbons (Fsp3) is 0.250. The second kappa shape index (κ2) is 7.23. The van der Waals surface area contributed by atoms with E-state index in [9.17, 15) is 18.0 Å². The molecule has 2 aromatic carbocycles. The van der Waals surface area contributed by atoms with Crippen LogP contribution in [0.4, 0.5) is 24.5 Å². The maximum atomic E-state index is 14.1. The zero-order chi connectivity index (χ0) is 19.6. The number of aryl methyl sites for hydroxylation is 2. The van der Waals surface area contributed by atoms with E-state index in [2.05, 4.69) is 17.2 Å². The fourth-order valence-electron chi connectivity index (χ4n) is 2.22. The Hall–Kier alpha value is -2.76. The van der Waals surface area contributed by atoms with Crippen molar-refractivity contribution in [3.8, 4) is 0 Å². The number of benzene rings is 2. The molecular weight excluding hydrogens is 341 g/mol. The molecule has 0 atom stereocenters. The fourth-order valence-corrected chi connectivity index (χ4v) is 2.22. The number of hydrogen-bond acceptors (Lipinski definition) is 2. The van der Waals surface area contributed by atoms with Crippen LogP contribution in [0.5, 0.6) is 0 Å². The SMILES string of the molecule is C=C(Nc1cc(NC(=O)c2cc(C)ccc2C)c(F)cc1F)C(C)(C)F. The van der Waals surface area contributed by atoms with E-state index in [0.29, 0.717) is 11.6 Å². The lowest BCUT2D eigenvalue weighted by molar-refractivity contribution is 0.102. The molecule has 0 saturated carbocycles. The second-order valence-corrected chi connectivity index (χ2v) is 6.66. The van der Waals surface area contributed by atoms with Crippen molar-refractivity contribution in [3.05, 3.63) is 70.9 Å². The Balaban J connectivity index is 2.32. The van der Waals surface area contributed by atoms with Gasteiger partial charge in [0.05, 0.1) is 11.4 Å². The third-order valence-corrected chi connectivity index (χ3v) is 3.95. The normalized spacial score (nSPS) is 11.2. The van der Waals surface area contributed by atoms with Gasteiger partial charge in [0.15, 0.2) is 0 Å². The van der Waals surface area contributed by atoms with Gasteiger partial charge in [0.25, 0.3) is 5.91 Å². The largest absolute Gasteiger partial charge is 0.354 e. The first kappa shape index (κ1) is 19.6. The molecule has 0 heterocycles. The molecule has 0 aromatic heterocycles. The highest BCUT2D eigenvalue weighted by atomic mass is 19.1. The molecule has 0 aliphatic carbocycles. The topological polar surface area (TPSA) is 41.1 Å². The lowest BCUT2D eigenvalue weighted by atomic mass is 10.0. The maximum absolute atomic E-state index is 14.1. The Bertz CT molecular complexity index is 870. The number of carbonyl (C=O) groups is 1. The first-order chi connectivity index (χ1) is 12.0. The molecule has 0 radical (unpaired) electrons. The summed E-state index contributed by atoms with van der Waals surface area (Å²) in [5, 5.41) is 4.92. The molecule has 6 heteroatoms. The number of halogens is 3. The Kier molecular flexibility index (Phi) is 5.44. The van der Waals surface area contributed by atoms with Crippen molar-refractivity contribution in [1.82, 2.24) is 0 Å². The number of anilines is 2. The summed E-state index contributed by atoms with van der Waals surface area (Å²) in [6.07, 6.45) is 0. The van der Waals surface area contributed by atoms with Crippen LogP contribution in [-0.2, 0) is 0 Å². The zero-order valence-electron chi connectivity index (χ0n) is 15.1. The minimum absolute atomic E-state index is 0.0881. The molecule has 0 unspecified atom stereocenters. The molecule has 0 aliphatic heterocycles. The molecule has 0 saturated heterocycles. The minimum atomic E-state index is -1.80. The lowest BCUT2D eigenvalue weighted by Gasteiger charge is -2.20. The van der Waals surface area contributed by atoms with Crippen LogP contribution in [0.25, 0.3) is 0 Å². The van der Waals surface area contributed by atoms with E-state index in [4.69, 9.17) is 0 Å². The van der Waals surface area contributed by atoms with Gasteiger partial charge in [-0.1, -0.05) is 24.3 Å². The number of carbonyl (C=O) groups excluding carboxylic acids is 1. The molecule has 26 heavy (non-hydrogen) atoms. The van der Waals surface area contributed by atoms with Gasteiger partial charge in [-0.2, -0.15) is 0 Å². The highest BCUT2D eigenvalue weighted by Gasteiger charge is 2.22. The average Bonchev–Trinajstić information content (AvgIpc) is 2.53. The Morgan fingerprint density at radius 2 is 1.58 bits per heavy atom. The van der Waals surface area contributed by atoms with Gasteiger partial charge >= 0.3 is 0 Å². The van der Waals surface area contributed by atoms with Crippen LogP contribution in [-0.4, -0.2) is 11.6 Å². The number of alkyl halides is 1. The molecule has 0 aliphatic rings. The quantitative estimate of drug-likeness (QED) is 0.737. The van der Waals surface area contributed by atoms with Crippen molar-refractivity contribution < 1.29 is 18.0 Å². The highest BCUT2D eigenvalue weighted by Crippen LogP contribution is 2.28. The van der Waals surface area contributed by atoms with Crippen LogP contribution in [0.3, 0.4) is 0 Å². The van der Waals surface area contributed by atoms with Crippen LogP contribution < -0.4 is 10.6 Å². The van der Waals surface area contributed by atoms with Gasteiger partial charge in [-0.25, -0.2) is 13.2 Å². The first-order valence-corrected chi connectivity index (χ1v) is 8.02. The highest BCUT2D eigenvalue weighted by molar-refractivity contribution is 6.05. The van der Waals surface area contributed by atoms with Crippen molar-refractivity contribution in [2.75, 3.05) is 10.6 Å². The van der Waals surface area contributed by atoms with Crippen molar-refractivity contribution in [2.24, 2.45) is 0 Å². The van der Waals surface area contributed by atoms with Crippen LogP contribution in [0.2, 0.25) is 0 Å². The van der Waals surface area contributed by atoms with Crippen molar-refractivity contribution in [1.29, 1.82) is 0 Å². The molecule has 2 rings (SSSR count). The Morgan fingerprint density at radius 1 is 1.00 bits per heavy atom. The van der Waals surface area contributed by atoms with Crippen LogP contribution >= 0.6 is 0 Å². The van der Waals surface area contributed by atoms with Gasteiger partial charge in [0.1, 0.15) is 17.3 Å². The van der Waals surface area contributed by atoms with Gasteiger partial charge in [0, 0.05) is 17.3 Å². The third-order valence-electron chi connectivity index (χ3n) is 3.95. The smallest absolute Gasteiger partial charge is 0.256 e. The molecular formula is C20H21F3N2O. The summed E-state index contributed by atoms with van der Waals surface area (Å²) in [6.45, 7) is 9.62. The van der Waals surface area contributed by atoms with Gasteiger partial charge in [-0.3, -0.25) is 4.79 Å². The third kappa shape index (κ3) is 4.45. The Labute approximate surface area is 150 Å². The van der Waals surface area contributed by atoms with Crippen LogP contribution in [0, 0.1) is 25.5 Å². The average molecular weight is 362 g/mol. The predicted molar refractivity (Wildman–Crippen MR) is 98.2 cm³/mol. The number of amides is 1. The predicted octanol–water partition coefficient (Wildman–Crippen LogP) is 5.51. The van der Waals surface area contributed by atoms with E-state index in [-0.39, 0.29) is 17.1 Å². The van der Waals surface area contributed by atoms with Crippen molar-refractivity contribution >= 4 is 17.3 Å². The van der Waals surface area contributed by atoms with Gasteiger partial charge < -0.3 is 10.6 Å². The van der Waals surface area contributed by atoms with Gasteiger partial charge in [-0.15, -0.1) is 0 Å². The molecule has 0 bridgehead atoms. The van der Waals surface area contributed by atoms with Crippen molar-refractivity contribution in [2.45, 2.75) is 33.4 Å². The molecule has 0 spiro atoms. The molecule has 0 fully saturated rings. The monoisotopic (exact) mass is 362 g/mol. The number of allylic oxidation sites excluding steroid dienone is 1. The first-order valence-electron chi connectivity index (χ1n) is 8.02. The maximum Gasteiger partial charge on any atom is 0.256 e. The summed E-state index contributed by atoms with van der Waals surface area (Å²) in [4.78, 5) is 12.4. The van der Waals surface area contributed by atoms with Crippen LogP contribution in [0.15, 0.2) is 42.6 Å². The van der Waals surface area contributed by atoms with E-state index in [1.165, 1.54) is 13.8 Å². The van der Waals surface area contributed by atoms with E-state index < -0.39 is 23.2 Å². The lowest BCUT2D eigenvalue weighted by Crippen LogP contribution is -2.21. The summed E-state index contributed by atoms with van der Waals surface area (Å²) in [7, 11) is 0. The van der Waals surface area contributed by atoms with Crippen LogP contribution in [0.1, 0.15) is 35.3 Å². The standard InChI is InChI=1S/C20H21F3N2O/c1-11-6-7-12(2)14(8-11)19(26)25-18-10-17(15(21)9-16(18)22)24-13(3)20(4,5)23/h6-10,24H,3H2,1-2,4-5H3,(H,25,26). The summed E-state index contributed by atoms with van der Waals surface area (Å²) < 4.78 is 41.9. The molecule has 1 amide bonds. The number of hydrogen-bond donors (Lipinski definition) is 2.